The average molecular weight is 265 g/mol. The molecule has 0 spiro atoms. The Hall–Kier alpha value is -1.81. The maximum atomic E-state index is 13.6. The molecule has 0 aliphatic carbocycles. The van der Waals surface area contributed by atoms with Crippen LogP contribution in [0.3, 0.4) is 0 Å². The summed E-state index contributed by atoms with van der Waals surface area (Å²) >= 11 is 0. The predicted molar refractivity (Wildman–Crippen MR) is 69.1 cm³/mol. The Morgan fingerprint density at radius 2 is 1.58 bits per heavy atom. The summed E-state index contributed by atoms with van der Waals surface area (Å²) in [5.41, 5.74) is 1.64. The molecule has 0 aliphatic heterocycles. The quantitative estimate of drug-likeness (QED) is 0.827. The Labute approximate surface area is 110 Å². The van der Waals surface area contributed by atoms with Gasteiger partial charge in [0.25, 0.3) is 0 Å². The monoisotopic (exact) mass is 265 g/mol. The normalized spacial score (nSPS) is 10.7. The van der Waals surface area contributed by atoms with E-state index in [2.05, 4.69) is 5.32 Å². The van der Waals surface area contributed by atoms with Crippen LogP contribution in [0.1, 0.15) is 12.5 Å². The van der Waals surface area contributed by atoms with Crippen molar-refractivity contribution < 1.29 is 13.2 Å². The van der Waals surface area contributed by atoms with Crippen LogP contribution in [-0.4, -0.2) is 6.54 Å². The van der Waals surface area contributed by atoms with Crippen molar-refractivity contribution in [2.45, 2.75) is 13.5 Å². The van der Waals surface area contributed by atoms with E-state index in [1.165, 1.54) is 6.07 Å². The zero-order valence-corrected chi connectivity index (χ0v) is 10.5. The maximum Gasteiger partial charge on any atom is 0.195 e. The molecule has 0 atom stereocenters. The summed E-state index contributed by atoms with van der Waals surface area (Å²) in [7, 11) is 0. The lowest BCUT2D eigenvalue weighted by Crippen LogP contribution is -2.11. The van der Waals surface area contributed by atoms with Gasteiger partial charge in [-0.25, -0.2) is 13.2 Å². The molecular weight excluding hydrogens is 251 g/mol. The molecule has 2 aromatic carbocycles. The van der Waals surface area contributed by atoms with Gasteiger partial charge in [-0.3, -0.25) is 0 Å². The third-order valence-electron chi connectivity index (χ3n) is 2.88. The van der Waals surface area contributed by atoms with Gasteiger partial charge in [0.2, 0.25) is 0 Å². The highest BCUT2D eigenvalue weighted by molar-refractivity contribution is 5.64. The highest BCUT2D eigenvalue weighted by Crippen LogP contribution is 2.26. The summed E-state index contributed by atoms with van der Waals surface area (Å²) < 4.78 is 39.6. The van der Waals surface area contributed by atoms with E-state index in [9.17, 15) is 13.2 Å². The van der Waals surface area contributed by atoms with Gasteiger partial charge >= 0.3 is 0 Å². The lowest BCUT2D eigenvalue weighted by molar-refractivity contribution is 0.449. The molecule has 1 N–H and O–H groups in total. The van der Waals surface area contributed by atoms with Crippen LogP contribution >= 0.6 is 0 Å². The molecule has 0 aromatic heterocycles. The smallest absolute Gasteiger partial charge is 0.195 e. The van der Waals surface area contributed by atoms with E-state index in [0.29, 0.717) is 5.56 Å². The van der Waals surface area contributed by atoms with Crippen molar-refractivity contribution in [3.63, 3.8) is 0 Å². The van der Waals surface area contributed by atoms with Gasteiger partial charge in [-0.1, -0.05) is 31.2 Å². The molecule has 4 heteroatoms. The van der Waals surface area contributed by atoms with Gasteiger partial charge in [0.1, 0.15) is 0 Å². The summed E-state index contributed by atoms with van der Waals surface area (Å²) in [5.74, 6) is -3.77. The second-order valence-electron chi connectivity index (χ2n) is 4.20. The predicted octanol–water partition coefficient (Wildman–Crippen LogP) is 3.88. The molecule has 2 aromatic rings. The van der Waals surface area contributed by atoms with Crippen LogP contribution in [0.4, 0.5) is 13.2 Å². The second-order valence-corrected chi connectivity index (χ2v) is 4.20. The Balaban J connectivity index is 2.30. The van der Waals surface area contributed by atoms with Crippen molar-refractivity contribution in [3.8, 4) is 11.1 Å². The molecule has 0 unspecified atom stereocenters. The summed E-state index contributed by atoms with van der Waals surface area (Å²) in [5, 5.41) is 3.17. The van der Waals surface area contributed by atoms with Gasteiger partial charge in [0, 0.05) is 12.1 Å². The van der Waals surface area contributed by atoms with Crippen molar-refractivity contribution in [1.82, 2.24) is 5.32 Å². The first-order valence-corrected chi connectivity index (χ1v) is 6.07. The maximum absolute atomic E-state index is 13.6. The Morgan fingerprint density at radius 3 is 2.21 bits per heavy atom. The average Bonchev–Trinajstić information content (AvgIpc) is 2.44. The molecule has 0 saturated carbocycles. The van der Waals surface area contributed by atoms with Crippen LogP contribution in [0.15, 0.2) is 36.4 Å². The largest absolute Gasteiger partial charge is 0.313 e. The third-order valence-corrected chi connectivity index (χ3v) is 2.88. The number of rotatable bonds is 4. The SMILES string of the molecule is CCNCc1ccc(-c2ccc(F)c(F)c2F)cc1. The molecule has 0 bridgehead atoms. The number of nitrogens with one attached hydrogen (secondary N) is 1. The summed E-state index contributed by atoms with van der Waals surface area (Å²) in [6.07, 6.45) is 0. The van der Waals surface area contributed by atoms with E-state index in [1.807, 2.05) is 19.1 Å². The fourth-order valence-corrected chi connectivity index (χ4v) is 1.82. The standard InChI is InChI=1S/C15H14F3N/c1-2-19-9-10-3-5-11(6-4-10)12-7-8-13(16)15(18)14(12)17/h3-8,19H,2,9H2,1H3. The fraction of sp³-hybridized carbons (Fsp3) is 0.200. The molecule has 1 nitrogen and oxygen atoms in total. The summed E-state index contributed by atoms with van der Waals surface area (Å²) in [4.78, 5) is 0. The van der Waals surface area contributed by atoms with Crippen molar-refractivity contribution >= 4 is 0 Å². The highest BCUT2D eigenvalue weighted by Gasteiger charge is 2.14. The van der Waals surface area contributed by atoms with E-state index in [1.54, 1.807) is 12.1 Å². The topological polar surface area (TPSA) is 12.0 Å². The minimum Gasteiger partial charge on any atom is -0.313 e. The first-order valence-electron chi connectivity index (χ1n) is 6.07. The second kappa shape index (κ2) is 5.89. The number of benzene rings is 2. The molecule has 0 heterocycles. The zero-order chi connectivity index (χ0) is 13.8. The van der Waals surface area contributed by atoms with Crippen LogP contribution in [0.25, 0.3) is 11.1 Å². The molecular formula is C15H14F3N. The number of halogens is 3. The molecule has 0 amide bonds. The number of hydrogen-bond acceptors (Lipinski definition) is 1. The highest BCUT2D eigenvalue weighted by atomic mass is 19.2. The molecule has 2 rings (SSSR count). The van der Waals surface area contributed by atoms with Gasteiger partial charge in [-0.05, 0) is 29.8 Å². The molecule has 0 aliphatic rings. The van der Waals surface area contributed by atoms with Gasteiger partial charge in [-0.2, -0.15) is 0 Å². The first-order chi connectivity index (χ1) is 9.13. The zero-order valence-electron chi connectivity index (χ0n) is 10.5. The van der Waals surface area contributed by atoms with E-state index >= 15 is 0 Å². The van der Waals surface area contributed by atoms with Crippen LogP contribution in [0.2, 0.25) is 0 Å². The van der Waals surface area contributed by atoms with Crippen molar-refractivity contribution in [2.24, 2.45) is 0 Å². The molecule has 0 radical (unpaired) electrons. The molecule has 0 fully saturated rings. The van der Waals surface area contributed by atoms with E-state index in [-0.39, 0.29) is 5.56 Å². The third kappa shape index (κ3) is 2.96. The summed E-state index contributed by atoms with van der Waals surface area (Å²) in [6.45, 7) is 3.58. The van der Waals surface area contributed by atoms with E-state index in [0.717, 1.165) is 24.7 Å². The molecule has 19 heavy (non-hydrogen) atoms. The number of hydrogen-bond donors (Lipinski definition) is 1. The van der Waals surface area contributed by atoms with Crippen molar-refractivity contribution in [1.29, 1.82) is 0 Å². The Morgan fingerprint density at radius 1 is 0.895 bits per heavy atom. The van der Waals surface area contributed by atoms with Gasteiger partial charge < -0.3 is 5.32 Å². The van der Waals surface area contributed by atoms with Crippen molar-refractivity contribution in [3.05, 3.63) is 59.4 Å². The summed E-state index contributed by atoms with van der Waals surface area (Å²) in [6, 6.07) is 9.23. The van der Waals surface area contributed by atoms with Crippen LogP contribution in [-0.2, 0) is 6.54 Å². The minimum atomic E-state index is -1.44. The van der Waals surface area contributed by atoms with Gasteiger partial charge in [0.05, 0.1) is 0 Å². The van der Waals surface area contributed by atoms with E-state index < -0.39 is 17.5 Å². The van der Waals surface area contributed by atoms with Crippen LogP contribution < -0.4 is 5.32 Å². The lowest BCUT2D eigenvalue weighted by atomic mass is 10.0. The Kier molecular flexibility index (Phi) is 4.22. The lowest BCUT2D eigenvalue weighted by Gasteiger charge is -2.07. The van der Waals surface area contributed by atoms with Gasteiger partial charge in [0.15, 0.2) is 17.5 Å². The first kappa shape index (κ1) is 13.6. The van der Waals surface area contributed by atoms with Crippen molar-refractivity contribution in [2.75, 3.05) is 6.54 Å². The van der Waals surface area contributed by atoms with Gasteiger partial charge in [-0.15, -0.1) is 0 Å². The van der Waals surface area contributed by atoms with E-state index in [4.69, 9.17) is 0 Å². The van der Waals surface area contributed by atoms with Crippen LogP contribution in [0.5, 0.6) is 0 Å². The minimum absolute atomic E-state index is 0.0638. The fourth-order valence-electron chi connectivity index (χ4n) is 1.82. The van der Waals surface area contributed by atoms with Crippen LogP contribution in [0, 0.1) is 17.5 Å². The Bertz CT molecular complexity index is 564. The molecule has 100 valence electrons. The molecule has 0 saturated heterocycles.